The highest BCUT2D eigenvalue weighted by molar-refractivity contribution is 7.13. The zero-order valence-corrected chi connectivity index (χ0v) is 14.4. The largest absolute Gasteiger partial charge is 0.314 e. The molecule has 2 saturated heterocycles. The van der Waals surface area contributed by atoms with Gasteiger partial charge >= 0.3 is 0 Å². The van der Waals surface area contributed by atoms with Crippen molar-refractivity contribution < 1.29 is 0 Å². The Morgan fingerprint density at radius 2 is 1.96 bits per heavy atom. The van der Waals surface area contributed by atoms with Gasteiger partial charge in [0.15, 0.2) is 0 Å². The molecule has 1 N–H and O–H groups in total. The second-order valence-electron chi connectivity index (χ2n) is 6.83. The van der Waals surface area contributed by atoms with E-state index in [1.165, 1.54) is 56.6 Å². The summed E-state index contributed by atoms with van der Waals surface area (Å²) in [6.45, 7) is 4.68. The molecule has 0 radical (unpaired) electrons. The second kappa shape index (κ2) is 7.12. The van der Waals surface area contributed by atoms with Crippen molar-refractivity contribution >= 4 is 11.3 Å². The van der Waals surface area contributed by atoms with Crippen LogP contribution in [0.5, 0.6) is 0 Å². The number of nitrogens with zero attached hydrogens (tertiary/aromatic N) is 2. The number of piperidine rings is 1. The van der Waals surface area contributed by atoms with Crippen LogP contribution in [0, 0.1) is 5.92 Å². The van der Waals surface area contributed by atoms with E-state index in [0.717, 1.165) is 23.5 Å². The SMILES string of the molecule is c1ccc(-c2nc(CN3CCC(C4CCCN4)CC3)cs2)cc1. The first-order chi connectivity index (χ1) is 11.4. The first-order valence-electron chi connectivity index (χ1n) is 8.84. The number of hydrogen-bond donors (Lipinski definition) is 1. The van der Waals surface area contributed by atoms with Crippen LogP contribution in [0.4, 0.5) is 0 Å². The van der Waals surface area contributed by atoms with Crippen molar-refractivity contribution in [3.8, 4) is 10.6 Å². The molecule has 1 unspecified atom stereocenters. The molecule has 0 saturated carbocycles. The highest BCUT2D eigenvalue weighted by Crippen LogP contribution is 2.28. The maximum absolute atomic E-state index is 4.84. The number of nitrogens with one attached hydrogen (secondary N) is 1. The molecular formula is C19H25N3S. The smallest absolute Gasteiger partial charge is 0.123 e. The monoisotopic (exact) mass is 327 g/mol. The molecule has 1 aromatic carbocycles. The lowest BCUT2D eigenvalue weighted by atomic mass is 9.88. The van der Waals surface area contributed by atoms with Crippen LogP contribution < -0.4 is 5.32 Å². The summed E-state index contributed by atoms with van der Waals surface area (Å²) in [6.07, 6.45) is 5.43. The van der Waals surface area contributed by atoms with Crippen LogP contribution in [0.2, 0.25) is 0 Å². The van der Waals surface area contributed by atoms with E-state index in [4.69, 9.17) is 4.98 Å². The van der Waals surface area contributed by atoms with Gasteiger partial charge < -0.3 is 5.32 Å². The maximum atomic E-state index is 4.84. The molecule has 0 amide bonds. The Kier molecular flexibility index (Phi) is 4.74. The molecule has 2 aliphatic heterocycles. The fourth-order valence-electron chi connectivity index (χ4n) is 3.95. The van der Waals surface area contributed by atoms with Crippen LogP contribution in [-0.4, -0.2) is 35.6 Å². The fourth-order valence-corrected chi connectivity index (χ4v) is 4.77. The lowest BCUT2D eigenvalue weighted by molar-refractivity contribution is 0.156. The molecular weight excluding hydrogens is 302 g/mol. The second-order valence-corrected chi connectivity index (χ2v) is 7.68. The highest BCUT2D eigenvalue weighted by Gasteiger charge is 2.28. The van der Waals surface area contributed by atoms with Crippen molar-refractivity contribution in [2.45, 2.75) is 38.3 Å². The highest BCUT2D eigenvalue weighted by atomic mass is 32.1. The van der Waals surface area contributed by atoms with Gasteiger partial charge in [-0.3, -0.25) is 4.90 Å². The van der Waals surface area contributed by atoms with Crippen molar-refractivity contribution in [1.29, 1.82) is 0 Å². The van der Waals surface area contributed by atoms with E-state index in [-0.39, 0.29) is 0 Å². The van der Waals surface area contributed by atoms with Crippen LogP contribution >= 0.6 is 11.3 Å². The summed E-state index contributed by atoms with van der Waals surface area (Å²) < 4.78 is 0. The summed E-state index contributed by atoms with van der Waals surface area (Å²) >= 11 is 1.76. The van der Waals surface area contributed by atoms with Crippen molar-refractivity contribution in [1.82, 2.24) is 15.2 Å². The molecule has 0 spiro atoms. The first-order valence-corrected chi connectivity index (χ1v) is 9.72. The first kappa shape index (κ1) is 15.3. The number of thiazole rings is 1. The third kappa shape index (κ3) is 3.65. The Morgan fingerprint density at radius 1 is 1.13 bits per heavy atom. The lowest BCUT2D eigenvalue weighted by Crippen LogP contribution is -2.40. The average Bonchev–Trinajstić information content (AvgIpc) is 3.28. The van der Waals surface area contributed by atoms with E-state index < -0.39 is 0 Å². The molecule has 2 aromatic rings. The van der Waals surface area contributed by atoms with Gasteiger partial charge in [0.05, 0.1) is 5.69 Å². The van der Waals surface area contributed by atoms with Gasteiger partial charge in [0.1, 0.15) is 5.01 Å². The van der Waals surface area contributed by atoms with E-state index >= 15 is 0 Å². The van der Waals surface area contributed by atoms with Gasteiger partial charge in [0.25, 0.3) is 0 Å². The quantitative estimate of drug-likeness (QED) is 0.926. The van der Waals surface area contributed by atoms with Crippen LogP contribution in [0.1, 0.15) is 31.4 Å². The van der Waals surface area contributed by atoms with Gasteiger partial charge in [-0.1, -0.05) is 30.3 Å². The minimum Gasteiger partial charge on any atom is -0.314 e. The zero-order valence-electron chi connectivity index (χ0n) is 13.6. The van der Waals surface area contributed by atoms with Crippen molar-refractivity contribution in [2.24, 2.45) is 5.92 Å². The predicted octanol–water partition coefficient (Wildman–Crippen LogP) is 3.77. The lowest BCUT2D eigenvalue weighted by Gasteiger charge is -2.34. The van der Waals surface area contributed by atoms with E-state index in [1.807, 2.05) is 0 Å². The maximum Gasteiger partial charge on any atom is 0.123 e. The Labute approximate surface area is 142 Å². The molecule has 2 fully saturated rings. The average molecular weight is 327 g/mol. The Balaban J connectivity index is 1.32. The number of aromatic nitrogens is 1. The summed E-state index contributed by atoms with van der Waals surface area (Å²) in [7, 11) is 0. The van der Waals surface area contributed by atoms with Crippen molar-refractivity contribution in [3.63, 3.8) is 0 Å². The number of likely N-dealkylation sites (tertiary alicyclic amines) is 1. The topological polar surface area (TPSA) is 28.2 Å². The van der Waals surface area contributed by atoms with Crippen LogP contribution in [-0.2, 0) is 6.54 Å². The number of hydrogen-bond acceptors (Lipinski definition) is 4. The fraction of sp³-hybridized carbons (Fsp3) is 0.526. The third-order valence-electron chi connectivity index (χ3n) is 5.26. The summed E-state index contributed by atoms with van der Waals surface area (Å²) in [5.41, 5.74) is 2.46. The standard InChI is InChI=1S/C19H25N3S/c1-2-5-16(6-3-1)19-21-17(14-23-19)13-22-11-8-15(9-12-22)18-7-4-10-20-18/h1-3,5-6,14-15,18,20H,4,7-13H2. The molecule has 3 heterocycles. The van der Waals surface area contributed by atoms with Gasteiger partial charge in [0.2, 0.25) is 0 Å². The molecule has 4 rings (SSSR count). The van der Waals surface area contributed by atoms with Crippen LogP contribution in [0.3, 0.4) is 0 Å². The Bertz CT molecular complexity index is 611. The molecule has 0 aliphatic carbocycles. The Morgan fingerprint density at radius 3 is 2.70 bits per heavy atom. The van der Waals surface area contributed by atoms with Crippen molar-refractivity contribution in [3.05, 3.63) is 41.4 Å². The Hall–Kier alpha value is -1.23. The van der Waals surface area contributed by atoms with Crippen molar-refractivity contribution in [2.75, 3.05) is 19.6 Å². The van der Waals surface area contributed by atoms with E-state index in [9.17, 15) is 0 Å². The number of rotatable bonds is 4. The molecule has 1 aromatic heterocycles. The summed E-state index contributed by atoms with van der Waals surface area (Å²) in [5, 5.41) is 7.06. The van der Waals surface area contributed by atoms with Gasteiger partial charge in [-0.15, -0.1) is 11.3 Å². The van der Waals surface area contributed by atoms with Gasteiger partial charge in [-0.05, 0) is 51.2 Å². The normalized spacial score (nSPS) is 23.4. The van der Waals surface area contributed by atoms with Gasteiger partial charge in [0, 0.05) is 23.5 Å². The molecule has 0 bridgehead atoms. The van der Waals surface area contributed by atoms with E-state index in [0.29, 0.717) is 0 Å². The van der Waals surface area contributed by atoms with Gasteiger partial charge in [-0.25, -0.2) is 4.98 Å². The van der Waals surface area contributed by atoms with E-state index in [2.05, 4.69) is 45.9 Å². The summed E-state index contributed by atoms with van der Waals surface area (Å²) in [5.74, 6) is 0.893. The molecule has 23 heavy (non-hydrogen) atoms. The molecule has 122 valence electrons. The summed E-state index contributed by atoms with van der Waals surface area (Å²) in [6, 6.07) is 11.3. The summed E-state index contributed by atoms with van der Waals surface area (Å²) in [4.78, 5) is 7.41. The minimum atomic E-state index is 0.793. The molecule has 4 heteroatoms. The minimum absolute atomic E-state index is 0.793. The molecule has 2 aliphatic rings. The van der Waals surface area contributed by atoms with E-state index in [1.54, 1.807) is 11.3 Å². The van der Waals surface area contributed by atoms with Gasteiger partial charge in [-0.2, -0.15) is 0 Å². The van der Waals surface area contributed by atoms with Crippen LogP contribution in [0.25, 0.3) is 10.6 Å². The number of benzene rings is 1. The molecule has 3 nitrogen and oxygen atoms in total. The molecule has 1 atom stereocenters. The zero-order chi connectivity index (χ0) is 15.5. The predicted molar refractivity (Wildman–Crippen MR) is 96.6 cm³/mol. The third-order valence-corrected chi connectivity index (χ3v) is 6.20. The van der Waals surface area contributed by atoms with Crippen LogP contribution in [0.15, 0.2) is 35.7 Å².